The molecule has 0 radical (unpaired) electrons. The zero-order valence-electron chi connectivity index (χ0n) is 15.1. The molecule has 0 N–H and O–H groups in total. The van der Waals surface area contributed by atoms with Crippen molar-refractivity contribution in [3.05, 3.63) is 58.9 Å². The molecule has 3 rings (SSSR count). The van der Waals surface area contributed by atoms with Crippen molar-refractivity contribution in [2.45, 2.75) is 26.9 Å². The van der Waals surface area contributed by atoms with Crippen molar-refractivity contribution >= 4 is 11.0 Å². The standard InChI is InChI=1S/C20H25N3O/c1-14-10-16(11-15(2)20(14)24-5)12-22(3)13-19-21-17-8-6-7-9-18(17)23(19)4/h6-11H,12-13H2,1-5H3. The third-order valence-electron chi connectivity index (χ3n) is 4.47. The molecule has 0 aliphatic heterocycles. The lowest BCUT2D eigenvalue weighted by Gasteiger charge is -2.18. The van der Waals surface area contributed by atoms with Crippen LogP contribution in [0.5, 0.6) is 5.75 Å². The average Bonchev–Trinajstić information content (AvgIpc) is 2.83. The first-order chi connectivity index (χ1) is 11.5. The Labute approximate surface area is 143 Å². The van der Waals surface area contributed by atoms with Gasteiger partial charge in [-0.1, -0.05) is 24.3 Å². The molecule has 0 bridgehead atoms. The molecule has 0 fully saturated rings. The van der Waals surface area contributed by atoms with Crippen LogP contribution in [0.4, 0.5) is 0 Å². The Morgan fingerprint density at radius 2 is 1.75 bits per heavy atom. The Morgan fingerprint density at radius 1 is 1.08 bits per heavy atom. The van der Waals surface area contributed by atoms with Crippen LogP contribution in [0.3, 0.4) is 0 Å². The molecule has 1 aromatic heterocycles. The number of aromatic nitrogens is 2. The minimum atomic E-state index is 0.815. The van der Waals surface area contributed by atoms with Crippen LogP contribution in [0.25, 0.3) is 11.0 Å². The summed E-state index contributed by atoms with van der Waals surface area (Å²) in [6.45, 7) is 5.89. The maximum absolute atomic E-state index is 5.45. The average molecular weight is 323 g/mol. The van der Waals surface area contributed by atoms with Gasteiger partial charge >= 0.3 is 0 Å². The Kier molecular flexibility index (Phi) is 4.58. The summed E-state index contributed by atoms with van der Waals surface area (Å²) < 4.78 is 7.63. The van der Waals surface area contributed by atoms with Crippen LogP contribution in [0, 0.1) is 13.8 Å². The number of aryl methyl sites for hydroxylation is 3. The summed E-state index contributed by atoms with van der Waals surface area (Å²) >= 11 is 0. The zero-order valence-corrected chi connectivity index (χ0v) is 15.1. The molecule has 3 aromatic rings. The van der Waals surface area contributed by atoms with Gasteiger partial charge in [-0.15, -0.1) is 0 Å². The number of ether oxygens (including phenoxy) is 1. The number of hydrogen-bond donors (Lipinski definition) is 0. The lowest BCUT2D eigenvalue weighted by molar-refractivity contribution is 0.307. The van der Waals surface area contributed by atoms with Crippen molar-refractivity contribution in [1.82, 2.24) is 14.5 Å². The fourth-order valence-electron chi connectivity index (χ4n) is 3.40. The fourth-order valence-corrected chi connectivity index (χ4v) is 3.40. The van der Waals surface area contributed by atoms with E-state index in [4.69, 9.17) is 9.72 Å². The van der Waals surface area contributed by atoms with E-state index in [1.54, 1.807) is 7.11 Å². The first-order valence-corrected chi connectivity index (χ1v) is 8.22. The maximum Gasteiger partial charge on any atom is 0.124 e. The molecule has 0 aliphatic carbocycles. The summed E-state index contributed by atoms with van der Waals surface area (Å²) in [7, 11) is 5.95. The topological polar surface area (TPSA) is 30.3 Å². The molecule has 0 saturated heterocycles. The first-order valence-electron chi connectivity index (χ1n) is 8.22. The number of imidazole rings is 1. The smallest absolute Gasteiger partial charge is 0.124 e. The van der Waals surface area contributed by atoms with Crippen molar-refractivity contribution in [1.29, 1.82) is 0 Å². The summed E-state index contributed by atoms with van der Waals surface area (Å²) in [6.07, 6.45) is 0. The van der Waals surface area contributed by atoms with Crippen LogP contribution in [-0.4, -0.2) is 28.6 Å². The third kappa shape index (κ3) is 3.15. The molecule has 0 atom stereocenters. The maximum atomic E-state index is 5.45. The van der Waals surface area contributed by atoms with E-state index in [1.165, 1.54) is 22.2 Å². The van der Waals surface area contributed by atoms with Gasteiger partial charge in [0.25, 0.3) is 0 Å². The third-order valence-corrected chi connectivity index (χ3v) is 4.47. The van der Waals surface area contributed by atoms with Crippen molar-refractivity contribution < 1.29 is 4.74 Å². The molecular weight excluding hydrogens is 298 g/mol. The van der Waals surface area contributed by atoms with Gasteiger partial charge in [-0.05, 0) is 49.7 Å². The second-order valence-corrected chi connectivity index (χ2v) is 6.51. The van der Waals surface area contributed by atoms with Gasteiger partial charge in [0.05, 0.1) is 24.7 Å². The first kappa shape index (κ1) is 16.5. The lowest BCUT2D eigenvalue weighted by Crippen LogP contribution is -2.19. The number of methoxy groups -OCH3 is 1. The summed E-state index contributed by atoms with van der Waals surface area (Å²) in [5, 5.41) is 0. The normalized spacial score (nSPS) is 11.4. The van der Waals surface area contributed by atoms with Gasteiger partial charge in [-0.2, -0.15) is 0 Å². The van der Waals surface area contributed by atoms with E-state index >= 15 is 0 Å². The number of fused-ring (bicyclic) bond motifs is 1. The van der Waals surface area contributed by atoms with Crippen LogP contribution in [-0.2, 0) is 20.1 Å². The van der Waals surface area contributed by atoms with Crippen molar-refractivity contribution in [3.63, 3.8) is 0 Å². The fraction of sp³-hybridized carbons (Fsp3) is 0.350. The molecule has 0 spiro atoms. The highest BCUT2D eigenvalue weighted by Gasteiger charge is 2.11. The predicted octanol–water partition coefficient (Wildman–Crippen LogP) is 3.83. The number of hydrogen-bond acceptors (Lipinski definition) is 3. The predicted molar refractivity (Wildman–Crippen MR) is 98.4 cm³/mol. The minimum absolute atomic E-state index is 0.815. The van der Waals surface area contributed by atoms with Gasteiger partial charge in [0, 0.05) is 13.6 Å². The Morgan fingerprint density at radius 3 is 2.38 bits per heavy atom. The van der Waals surface area contributed by atoms with E-state index in [1.807, 2.05) is 6.07 Å². The Balaban J connectivity index is 1.78. The summed E-state index contributed by atoms with van der Waals surface area (Å²) in [5.74, 6) is 2.07. The van der Waals surface area contributed by atoms with Crippen molar-refractivity contribution in [2.24, 2.45) is 7.05 Å². The van der Waals surface area contributed by atoms with E-state index < -0.39 is 0 Å². The quantitative estimate of drug-likeness (QED) is 0.715. The second kappa shape index (κ2) is 6.65. The van der Waals surface area contributed by atoms with Gasteiger partial charge in [0.1, 0.15) is 11.6 Å². The van der Waals surface area contributed by atoms with Crippen LogP contribution < -0.4 is 4.74 Å². The van der Waals surface area contributed by atoms with E-state index in [0.29, 0.717) is 0 Å². The summed E-state index contributed by atoms with van der Waals surface area (Å²) in [5.41, 5.74) is 5.90. The van der Waals surface area contributed by atoms with Crippen molar-refractivity contribution in [3.8, 4) is 5.75 Å². The van der Waals surface area contributed by atoms with Crippen LogP contribution in [0.1, 0.15) is 22.5 Å². The molecule has 0 amide bonds. The van der Waals surface area contributed by atoms with Gasteiger partial charge in [0.2, 0.25) is 0 Å². The SMILES string of the molecule is COc1c(C)cc(CN(C)Cc2nc3ccccc3n2C)cc1C. The summed E-state index contributed by atoms with van der Waals surface area (Å²) in [4.78, 5) is 7.05. The molecule has 0 aliphatic rings. The molecule has 1 heterocycles. The number of benzene rings is 2. The molecule has 4 nitrogen and oxygen atoms in total. The van der Waals surface area contributed by atoms with Gasteiger partial charge < -0.3 is 9.30 Å². The largest absolute Gasteiger partial charge is 0.496 e. The van der Waals surface area contributed by atoms with Crippen molar-refractivity contribution in [2.75, 3.05) is 14.2 Å². The number of rotatable bonds is 5. The molecule has 2 aromatic carbocycles. The van der Waals surface area contributed by atoms with E-state index in [-0.39, 0.29) is 0 Å². The second-order valence-electron chi connectivity index (χ2n) is 6.51. The van der Waals surface area contributed by atoms with Crippen LogP contribution in [0.2, 0.25) is 0 Å². The minimum Gasteiger partial charge on any atom is -0.496 e. The van der Waals surface area contributed by atoms with Gasteiger partial charge in [0.15, 0.2) is 0 Å². The highest BCUT2D eigenvalue weighted by atomic mass is 16.5. The zero-order chi connectivity index (χ0) is 17.3. The Hall–Kier alpha value is -2.33. The highest BCUT2D eigenvalue weighted by Crippen LogP contribution is 2.25. The molecule has 0 unspecified atom stereocenters. The molecular formula is C20H25N3O. The van der Waals surface area contributed by atoms with Gasteiger partial charge in [-0.3, -0.25) is 4.90 Å². The monoisotopic (exact) mass is 323 g/mol. The molecule has 126 valence electrons. The van der Waals surface area contributed by atoms with E-state index in [9.17, 15) is 0 Å². The number of nitrogens with zero attached hydrogens (tertiary/aromatic N) is 3. The molecule has 24 heavy (non-hydrogen) atoms. The van der Waals surface area contributed by atoms with Crippen LogP contribution >= 0.6 is 0 Å². The Bertz CT molecular complexity index is 843. The highest BCUT2D eigenvalue weighted by molar-refractivity contribution is 5.75. The van der Waals surface area contributed by atoms with E-state index in [2.05, 4.69) is 67.7 Å². The lowest BCUT2D eigenvalue weighted by atomic mass is 10.1. The molecule has 4 heteroatoms. The summed E-state index contributed by atoms with van der Waals surface area (Å²) in [6, 6.07) is 12.7. The number of para-hydroxylation sites is 2. The van der Waals surface area contributed by atoms with Gasteiger partial charge in [-0.25, -0.2) is 4.98 Å². The van der Waals surface area contributed by atoms with Crippen LogP contribution in [0.15, 0.2) is 36.4 Å². The van der Waals surface area contributed by atoms with E-state index in [0.717, 1.165) is 30.2 Å². The molecule has 0 saturated carbocycles.